The van der Waals surface area contributed by atoms with Gasteiger partial charge in [-0.25, -0.2) is 4.98 Å². The first-order valence-electron chi connectivity index (χ1n) is 12.6. The molecule has 5 rings (SSSR count). The normalized spacial score (nSPS) is 11.3. The van der Waals surface area contributed by atoms with Crippen molar-refractivity contribution in [1.82, 2.24) is 24.8 Å². The molecule has 3 aromatic heterocycles. The Morgan fingerprint density at radius 1 is 1.00 bits per heavy atom. The fourth-order valence-corrected chi connectivity index (χ4v) is 4.14. The van der Waals surface area contributed by atoms with Crippen LogP contribution in [0.5, 0.6) is 23.0 Å². The van der Waals surface area contributed by atoms with Crippen LogP contribution in [0.15, 0.2) is 73.2 Å². The molecule has 5 aromatic rings. The second-order valence-electron chi connectivity index (χ2n) is 9.06. The SMILES string of the molecule is CNC(=O)c1cc(Oc2ccc3c(c2)nc(Nc2ccc(OCC(F)(F)F)c(-c4cncc(OC)c4)c2)n3C)ccn1. The van der Waals surface area contributed by atoms with Crippen molar-refractivity contribution in [2.24, 2.45) is 7.05 Å². The van der Waals surface area contributed by atoms with E-state index in [1.807, 2.05) is 17.7 Å². The van der Waals surface area contributed by atoms with Crippen LogP contribution >= 0.6 is 0 Å². The van der Waals surface area contributed by atoms with Gasteiger partial charge in [-0.05, 0) is 42.5 Å². The van der Waals surface area contributed by atoms with Crippen molar-refractivity contribution < 1.29 is 32.2 Å². The first kappa shape index (κ1) is 28.2. The number of imidazole rings is 1. The first-order valence-corrected chi connectivity index (χ1v) is 12.6. The maximum absolute atomic E-state index is 12.9. The number of ether oxygens (including phenoxy) is 3. The van der Waals surface area contributed by atoms with Gasteiger partial charge in [0.1, 0.15) is 28.7 Å². The largest absolute Gasteiger partial charge is 0.495 e. The van der Waals surface area contributed by atoms with Crippen molar-refractivity contribution >= 4 is 28.6 Å². The molecule has 0 radical (unpaired) electrons. The van der Waals surface area contributed by atoms with Gasteiger partial charge in [0.2, 0.25) is 5.95 Å². The highest BCUT2D eigenvalue weighted by Gasteiger charge is 2.29. The highest BCUT2D eigenvalue weighted by atomic mass is 19.4. The van der Waals surface area contributed by atoms with Gasteiger partial charge in [0.05, 0.1) is 24.3 Å². The number of fused-ring (bicyclic) bond motifs is 1. The zero-order valence-electron chi connectivity index (χ0n) is 22.7. The molecular formula is C29H25F3N6O4. The molecular weight excluding hydrogens is 553 g/mol. The van der Waals surface area contributed by atoms with Gasteiger partial charge in [-0.2, -0.15) is 13.2 Å². The maximum Gasteiger partial charge on any atom is 0.422 e. The summed E-state index contributed by atoms with van der Waals surface area (Å²) in [6, 6.07) is 14.9. The summed E-state index contributed by atoms with van der Waals surface area (Å²) in [4.78, 5) is 24.7. The average Bonchev–Trinajstić information content (AvgIpc) is 3.29. The summed E-state index contributed by atoms with van der Waals surface area (Å²) in [6.45, 7) is -1.44. The summed E-state index contributed by atoms with van der Waals surface area (Å²) in [5.41, 5.74) is 3.10. The zero-order chi connectivity index (χ0) is 29.9. The van der Waals surface area contributed by atoms with Crippen molar-refractivity contribution in [3.05, 3.63) is 78.9 Å². The number of pyridine rings is 2. The number of hydrogen-bond acceptors (Lipinski definition) is 8. The molecule has 2 N–H and O–H groups in total. The van der Waals surface area contributed by atoms with Crippen molar-refractivity contribution in [3.63, 3.8) is 0 Å². The number of nitrogens with one attached hydrogen (secondary N) is 2. The third-order valence-electron chi connectivity index (χ3n) is 6.17. The van der Waals surface area contributed by atoms with Crippen molar-refractivity contribution in [3.8, 4) is 34.1 Å². The molecule has 1 amide bonds. The van der Waals surface area contributed by atoms with E-state index in [1.54, 1.807) is 36.4 Å². The number of carbonyl (C=O) groups excluding carboxylic acids is 1. The Hall–Kier alpha value is -5.33. The van der Waals surface area contributed by atoms with E-state index in [9.17, 15) is 18.0 Å². The summed E-state index contributed by atoms with van der Waals surface area (Å²) in [5.74, 6) is 1.56. The average molecular weight is 579 g/mol. The number of aryl methyl sites for hydroxylation is 1. The van der Waals surface area contributed by atoms with Crippen LogP contribution in [0.2, 0.25) is 0 Å². The Bertz CT molecular complexity index is 1760. The van der Waals surface area contributed by atoms with Gasteiger partial charge < -0.3 is 29.4 Å². The Morgan fingerprint density at radius 2 is 1.81 bits per heavy atom. The number of hydrogen-bond donors (Lipinski definition) is 2. The number of rotatable bonds is 9. The Kier molecular flexibility index (Phi) is 7.82. The lowest BCUT2D eigenvalue weighted by Crippen LogP contribution is -2.19. The van der Waals surface area contributed by atoms with Crippen LogP contribution in [-0.4, -0.2) is 52.4 Å². The van der Waals surface area contributed by atoms with E-state index in [1.165, 1.54) is 44.9 Å². The van der Waals surface area contributed by atoms with Gasteiger partial charge in [0.15, 0.2) is 6.61 Å². The molecule has 2 aromatic carbocycles. The molecule has 0 saturated heterocycles. The third kappa shape index (κ3) is 6.35. The molecule has 0 saturated carbocycles. The van der Waals surface area contributed by atoms with Gasteiger partial charge >= 0.3 is 6.18 Å². The lowest BCUT2D eigenvalue weighted by molar-refractivity contribution is -0.153. The van der Waals surface area contributed by atoms with Crippen LogP contribution in [0.3, 0.4) is 0 Å². The Morgan fingerprint density at radius 3 is 2.57 bits per heavy atom. The van der Waals surface area contributed by atoms with E-state index in [0.717, 1.165) is 5.52 Å². The molecule has 0 spiro atoms. The number of nitrogens with zero attached hydrogens (tertiary/aromatic N) is 4. The van der Waals surface area contributed by atoms with Gasteiger partial charge in [-0.15, -0.1) is 0 Å². The minimum atomic E-state index is -4.50. The first-order chi connectivity index (χ1) is 20.1. The second-order valence-corrected chi connectivity index (χ2v) is 9.06. The number of methoxy groups -OCH3 is 1. The molecule has 0 fully saturated rings. The second kappa shape index (κ2) is 11.6. The predicted octanol–water partition coefficient (Wildman–Crippen LogP) is 5.88. The number of halogens is 3. The number of alkyl halides is 3. The molecule has 13 heteroatoms. The van der Waals surface area contributed by atoms with E-state index >= 15 is 0 Å². The molecule has 0 aliphatic rings. The molecule has 0 aliphatic carbocycles. The number of carbonyl (C=O) groups is 1. The maximum atomic E-state index is 12.9. The molecule has 10 nitrogen and oxygen atoms in total. The summed E-state index contributed by atoms with van der Waals surface area (Å²) >= 11 is 0. The van der Waals surface area contributed by atoms with Crippen molar-refractivity contribution in [2.75, 3.05) is 26.1 Å². The standard InChI is InChI=1S/C29H25F3N6O4/c1-33-27(39)24-13-20(8-9-35-24)42-19-5-6-25-23(12-19)37-28(38(25)2)36-18-4-7-26(41-16-29(30,31)32)22(11-18)17-10-21(40-3)15-34-14-17/h4-15H,16H2,1-3H3,(H,33,39)(H,36,37). The lowest BCUT2D eigenvalue weighted by Gasteiger charge is -2.15. The molecule has 216 valence electrons. The monoisotopic (exact) mass is 578 g/mol. The van der Waals surface area contributed by atoms with E-state index in [-0.39, 0.29) is 17.4 Å². The van der Waals surface area contributed by atoms with E-state index in [4.69, 9.17) is 14.2 Å². The molecule has 0 aliphatic heterocycles. The summed E-state index contributed by atoms with van der Waals surface area (Å²) in [6.07, 6.45) is -0.00925. The van der Waals surface area contributed by atoms with Crippen LogP contribution in [-0.2, 0) is 7.05 Å². The van der Waals surface area contributed by atoms with Crippen LogP contribution in [0, 0.1) is 0 Å². The molecule has 0 atom stereocenters. The number of aromatic nitrogens is 4. The topological polar surface area (TPSA) is 112 Å². The molecule has 42 heavy (non-hydrogen) atoms. The summed E-state index contributed by atoms with van der Waals surface area (Å²) in [5, 5.41) is 5.75. The molecule has 0 unspecified atom stereocenters. The summed E-state index contributed by atoms with van der Waals surface area (Å²) < 4.78 is 56.8. The molecule has 0 bridgehead atoms. The highest BCUT2D eigenvalue weighted by Crippen LogP contribution is 2.36. The Balaban J connectivity index is 1.43. The van der Waals surface area contributed by atoms with Gasteiger partial charge in [0, 0.05) is 55.4 Å². The fraction of sp³-hybridized carbons (Fsp3) is 0.172. The van der Waals surface area contributed by atoms with Crippen molar-refractivity contribution in [2.45, 2.75) is 6.18 Å². The van der Waals surface area contributed by atoms with Gasteiger partial charge in [0.25, 0.3) is 5.91 Å². The zero-order valence-corrected chi connectivity index (χ0v) is 22.7. The number of anilines is 2. The minimum Gasteiger partial charge on any atom is -0.495 e. The van der Waals surface area contributed by atoms with E-state index in [2.05, 4.69) is 25.6 Å². The quantitative estimate of drug-likeness (QED) is 0.223. The third-order valence-corrected chi connectivity index (χ3v) is 6.17. The minimum absolute atomic E-state index is 0.0374. The van der Waals surface area contributed by atoms with Gasteiger partial charge in [-0.3, -0.25) is 14.8 Å². The number of benzene rings is 2. The highest BCUT2D eigenvalue weighted by molar-refractivity contribution is 5.92. The summed E-state index contributed by atoms with van der Waals surface area (Å²) in [7, 11) is 4.82. The van der Waals surface area contributed by atoms with Crippen molar-refractivity contribution in [1.29, 1.82) is 0 Å². The smallest absolute Gasteiger partial charge is 0.422 e. The van der Waals surface area contributed by atoms with Crippen LogP contribution in [0.1, 0.15) is 10.5 Å². The van der Waals surface area contributed by atoms with Crippen LogP contribution < -0.4 is 24.8 Å². The van der Waals surface area contributed by atoms with Crippen LogP contribution in [0.25, 0.3) is 22.2 Å². The van der Waals surface area contributed by atoms with Gasteiger partial charge in [-0.1, -0.05) is 0 Å². The fourth-order valence-electron chi connectivity index (χ4n) is 4.14. The van der Waals surface area contributed by atoms with Crippen LogP contribution in [0.4, 0.5) is 24.8 Å². The van der Waals surface area contributed by atoms with E-state index in [0.29, 0.717) is 45.5 Å². The molecule has 3 heterocycles. The Labute approximate surface area is 238 Å². The predicted molar refractivity (Wildman–Crippen MR) is 149 cm³/mol. The lowest BCUT2D eigenvalue weighted by atomic mass is 10.1. The number of amides is 1. The van der Waals surface area contributed by atoms with E-state index < -0.39 is 12.8 Å².